The summed E-state index contributed by atoms with van der Waals surface area (Å²) in [5.74, 6) is 2.01. The van der Waals surface area contributed by atoms with Gasteiger partial charge in [-0.1, -0.05) is 12.8 Å². The average molecular weight is 415 g/mol. The van der Waals surface area contributed by atoms with Gasteiger partial charge in [0.05, 0.1) is 20.3 Å². The Kier molecular flexibility index (Phi) is 5.64. The van der Waals surface area contributed by atoms with Crippen molar-refractivity contribution in [3.63, 3.8) is 0 Å². The summed E-state index contributed by atoms with van der Waals surface area (Å²) in [6, 6.07) is 5.62. The Morgan fingerprint density at radius 1 is 1.13 bits per heavy atom. The topological polar surface area (TPSA) is 85.6 Å². The van der Waals surface area contributed by atoms with Gasteiger partial charge in [-0.25, -0.2) is 4.68 Å². The van der Waals surface area contributed by atoms with Crippen LogP contribution in [0.15, 0.2) is 18.2 Å². The van der Waals surface area contributed by atoms with Gasteiger partial charge >= 0.3 is 0 Å². The highest BCUT2D eigenvalue weighted by Crippen LogP contribution is 2.39. The zero-order valence-corrected chi connectivity index (χ0v) is 18.2. The van der Waals surface area contributed by atoms with Crippen molar-refractivity contribution in [3.05, 3.63) is 29.6 Å². The molecular weight excluding hydrogens is 384 g/mol. The number of aromatic nitrogens is 4. The first kappa shape index (κ1) is 20.6. The van der Waals surface area contributed by atoms with E-state index in [4.69, 9.17) is 9.47 Å². The van der Waals surface area contributed by atoms with Gasteiger partial charge in [0.1, 0.15) is 17.0 Å². The fraction of sp³-hybridized carbons (Fsp3) is 0.619. The molecule has 0 bridgehead atoms. The van der Waals surface area contributed by atoms with Gasteiger partial charge in [0.25, 0.3) is 5.91 Å². The minimum absolute atomic E-state index is 0.0455. The van der Waals surface area contributed by atoms with E-state index in [2.05, 4.69) is 20.4 Å². The summed E-state index contributed by atoms with van der Waals surface area (Å²) >= 11 is 0. The number of likely N-dealkylation sites (tertiary alicyclic amines) is 1. The lowest BCUT2D eigenvalue weighted by Crippen LogP contribution is -2.47. The molecule has 1 aromatic carbocycles. The Balaban J connectivity index is 1.63. The van der Waals surface area contributed by atoms with Crippen LogP contribution in [-0.2, 0) is 5.54 Å². The van der Waals surface area contributed by atoms with Gasteiger partial charge in [-0.05, 0) is 55.9 Å². The van der Waals surface area contributed by atoms with Crippen molar-refractivity contribution in [2.75, 3.05) is 41.4 Å². The maximum atomic E-state index is 13.3. The Hall–Kier alpha value is -2.68. The van der Waals surface area contributed by atoms with E-state index in [0.717, 1.165) is 25.1 Å². The molecule has 1 atom stereocenters. The average Bonchev–Trinajstić information content (AvgIpc) is 3.52. The third-order valence-corrected chi connectivity index (χ3v) is 6.57. The predicted molar refractivity (Wildman–Crippen MR) is 111 cm³/mol. The van der Waals surface area contributed by atoms with E-state index in [9.17, 15) is 4.79 Å². The molecule has 9 nitrogen and oxygen atoms in total. The molecule has 2 aliphatic rings. The number of hydrogen-bond acceptors (Lipinski definition) is 7. The molecule has 1 saturated heterocycles. The molecule has 1 aromatic heterocycles. The van der Waals surface area contributed by atoms with Crippen molar-refractivity contribution in [3.8, 4) is 11.5 Å². The van der Waals surface area contributed by atoms with Crippen molar-refractivity contribution < 1.29 is 14.3 Å². The van der Waals surface area contributed by atoms with Crippen LogP contribution in [0.25, 0.3) is 0 Å². The summed E-state index contributed by atoms with van der Waals surface area (Å²) in [4.78, 5) is 17.4. The Morgan fingerprint density at radius 3 is 2.40 bits per heavy atom. The number of amides is 1. The number of nitrogens with zero attached hydrogens (tertiary/aromatic N) is 6. The number of benzene rings is 1. The van der Waals surface area contributed by atoms with Crippen LogP contribution in [0.5, 0.6) is 11.5 Å². The highest BCUT2D eigenvalue weighted by atomic mass is 16.5. The molecule has 1 saturated carbocycles. The van der Waals surface area contributed by atoms with Crippen LogP contribution in [0.3, 0.4) is 0 Å². The lowest BCUT2D eigenvalue weighted by molar-refractivity contribution is 0.0736. The molecule has 9 heteroatoms. The Morgan fingerprint density at radius 2 is 1.80 bits per heavy atom. The van der Waals surface area contributed by atoms with Gasteiger partial charge in [-0.15, -0.1) is 5.10 Å². The monoisotopic (exact) mass is 414 g/mol. The highest BCUT2D eigenvalue weighted by molar-refractivity contribution is 5.95. The van der Waals surface area contributed by atoms with E-state index in [0.29, 0.717) is 36.2 Å². The molecule has 0 N–H and O–H groups in total. The van der Waals surface area contributed by atoms with E-state index < -0.39 is 5.54 Å². The first-order valence-corrected chi connectivity index (χ1v) is 10.5. The normalized spacial score (nSPS) is 22.1. The largest absolute Gasteiger partial charge is 0.497 e. The number of tetrazole rings is 1. The maximum Gasteiger partial charge on any atom is 0.254 e. The molecule has 2 aromatic rings. The van der Waals surface area contributed by atoms with Gasteiger partial charge in [0.15, 0.2) is 5.82 Å². The fourth-order valence-electron chi connectivity index (χ4n) is 4.72. The Labute approximate surface area is 176 Å². The van der Waals surface area contributed by atoms with Crippen LogP contribution in [0.1, 0.15) is 54.3 Å². The quantitative estimate of drug-likeness (QED) is 0.716. The number of rotatable bonds is 6. The summed E-state index contributed by atoms with van der Waals surface area (Å²) < 4.78 is 12.7. The molecular formula is C21H30N6O3. The summed E-state index contributed by atoms with van der Waals surface area (Å²) in [5.41, 5.74) is 0.140. The van der Waals surface area contributed by atoms with Crippen LogP contribution in [0.4, 0.5) is 0 Å². The molecule has 0 radical (unpaired) electrons. The van der Waals surface area contributed by atoms with Crippen molar-refractivity contribution in [1.29, 1.82) is 0 Å². The van der Waals surface area contributed by atoms with Gasteiger partial charge in [-0.3, -0.25) is 9.69 Å². The van der Waals surface area contributed by atoms with E-state index in [1.54, 1.807) is 32.4 Å². The van der Waals surface area contributed by atoms with Crippen molar-refractivity contribution in [2.45, 2.75) is 43.7 Å². The van der Waals surface area contributed by atoms with Crippen molar-refractivity contribution in [2.24, 2.45) is 0 Å². The number of methoxy groups -OCH3 is 2. The minimum atomic E-state index is -0.412. The molecule has 2 heterocycles. The lowest BCUT2D eigenvalue weighted by atomic mass is 9.95. The third kappa shape index (κ3) is 3.51. The zero-order chi connectivity index (χ0) is 21.3. The molecule has 1 aliphatic heterocycles. The van der Waals surface area contributed by atoms with Crippen LogP contribution in [0.2, 0.25) is 0 Å². The number of carbonyl (C=O) groups excluding carboxylic acids is 1. The lowest BCUT2D eigenvalue weighted by Gasteiger charge is -2.35. The van der Waals surface area contributed by atoms with Gasteiger partial charge in [-0.2, -0.15) is 0 Å². The molecule has 1 aliphatic carbocycles. The number of hydrogen-bond donors (Lipinski definition) is 0. The Bertz CT molecular complexity index is 886. The molecule has 4 rings (SSSR count). The standard InChI is InChI=1S/C21H30N6O3/c1-25(2)21(20-22-23-24-27(20)16-7-5-6-8-16)9-10-26(14-21)19(28)15-11-17(29-3)13-18(12-15)30-4/h11-13,16H,5-10,14H2,1-4H3. The first-order chi connectivity index (χ1) is 14.5. The molecule has 2 fully saturated rings. The second-order valence-corrected chi connectivity index (χ2v) is 8.39. The summed E-state index contributed by atoms with van der Waals surface area (Å²) in [5, 5.41) is 12.8. The second kappa shape index (κ2) is 8.22. The SMILES string of the molecule is COc1cc(OC)cc(C(=O)N2CCC(c3nnnn3C3CCCC3)(N(C)C)C2)c1. The van der Waals surface area contributed by atoms with E-state index in [1.807, 2.05) is 23.7 Å². The summed E-state index contributed by atoms with van der Waals surface area (Å²) in [6.45, 7) is 1.17. The first-order valence-electron chi connectivity index (χ1n) is 10.5. The highest BCUT2D eigenvalue weighted by Gasteiger charge is 2.48. The zero-order valence-electron chi connectivity index (χ0n) is 18.2. The maximum absolute atomic E-state index is 13.3. The predicted octanol–water partition coefficient (Wildman–Crippen LogP) is 2.11. The van der Waals surface area contributed by atoms with E-state index in [1.165, 1.54) is 12.8 Å². The van der Waals surface area contributed by atoms with Gasteiger partial charge < -0.3 is 14.4 Å². The van der Waals surface area contributed by atoms with Crippen LogP contribution in [-0.4, -0.2) is 77.3 Å². The summed E-state index contributed by atoms with van der Waals surface area (Å²) in [7, 11) is 7.24. The van der Waals surface area contributed by atoms with E-state index >= 15 is 0 Å². The molecule has 1 amide bonds. The smallest absolute Gasteiger partial charge is 0.254 e. The van der Waals surface area contributed by atoms with Crippen LogP contribution < -0.4 is 9.47 Å². The third-order valence-electron chi connectivity index (χ3n) is 6.57. The second-order valence-electron chi connectivity index (χ2n) is 8.39. The molecule has 0 spiro atoms. The minimum Gasteiger partial charge on any atom is -0.497 e. The molecule has 1 unspecified atom stereocenters. The van der Waals surface area contributed by atoms with Crippen LogP contribution in [0, 0.1) is 0 Å². The van der Waals surface area contributed by atoms with Gasteiger partial charge in [0, 0.05) is 24.7 Å². The fourth-order valence-corrected chi connectivity index (χ4v) is 4.72. The molecule has 30 heavy (non-hydrogen) atoms. The van der Waals surface area contributed by atoms with Crippen molar-refractivity contribution in [1.82, 2.24) is 30.0 Å². The van der Waals surface area contributed by atoms with Gasteiger partial charge in [0.2, 0.25) is 0 Å². The number of likely N-dealkylation sites (N-methyl/N-ethyl adjacent to an activating group) is 1. The molecule has 162 valence electrons. The van der Waals surface area contributed by atoms with E-state index in [-0.39, 0.29) is 5.91 Å². The van der Waals surface area contributed by atoms with Crippen LogP contribution >= 0.6 is 0 Å². The van der Waals surface area contributed by atoms with Crippen molar-refractivity contribution >= 4 is 5.91 Å². The summed E-state index contributed by atoms with van der Waals surface area (Å²) in [6.07, 6.45) is 5.41. The number of carbonyl (C=O) groups is 1. The number of ether oxygens (including phenoxy) is 2.